The van der Waals surface area contributed by atoms with Gasteiger partial charge < -0.3 is 14.5 Å². The van der Waals surface area contributed by atoms with Gasteiger partial charge >= 0.3 is 0 Å². The fraction of sp³-hybridized carbons (Fsp3) is 0.375. The van der Waals surface area contributed by atoms with Gasteiger partial charge in [-0.05, 0) is 31.5 Å². The van der Waals surface area contributed by atoms with E-state index in [-0.39, 0.29) is 12.1 Å². The summed E-state index contributed by atoms with van der Waals surface area (Å²) in [6.45, 7) is 2.96. The molecule has 1 aromatic carbocycles. The number of nitrogens with one attached hydrogen (secondary N) is 1. The van der Waals surface area contributed by atoms with Crippen LogP contribution >= 0.6 is 0 Å². The Bertz CT molecular complexity index is 591. The Balaban J connectivity index is 1.80. The Labute approximate surface area is 112 Å². The lowest BCUT2D eigenvalue weighted by Crippen LogP contribution is -2.29. The Morgan fingerprint density at radius 3 is 3.05 bits per heavy atom. The number of hydrogen-bond donors (Lipinski definition) is 1. The molecule has 3 heterocycles. The molecule has 2 aliphatic heterocycles. The second-order valence-corrected chi connectivity index (χ2v) is 5.47. The minimum absolute atomic E-state index is 0.200. The van der Waals surface area contributed by atoms with Crippen LogP contribution in [0.1, 0.15) is 35.5 Å². The summed E-state index contributed by atoms with van der Waals surface area (Å²) in [7, 11) is 0. The van der Waals surface area contributed by atoms with Gasteiger partial charge in [0, 0.05) is 23.8 Å². The first kappa shape index (κ1) is 11.1. The summed E-state index contributed by atoms with van der Waals surface area (Å²) in [5, 5.41) is 3.62. The number of anilines is 1. The van der Waals surface area contributed by atoms with E-state index < -0.39 is 0 Å². The van der Waals surface area contributed by atoms with Crippen LogP contribution in [0, 0.1) is 12.8 Å². The predicted molar refractivity (Wildman–Crippen MR) is 73.1 cm³/mol. The fourth-order valence-electron chi connectivity index (χ4n) is 3.34. The quantitative estimate of drug-likeness (QED) is 0.841. The summed E-state index contributed by atoms with van der Waals surface area (Å²) in [4.78, 5) is 0. The molecule has 3 heteroatoms. The number of ether oxygens (including phenoxy) is 1. The van der Waals surface area contributed by atoms with Crippen LogP contribution in [0.2, 0.25) is 0 Å². The van der Waals surface area contributed by atoms with E-state index in [4.69, 9.17) is 9.15 Å². The van der Waals surface area contributed by atoms with Gasteiger partial charge in [-0.3, -0.25) is 0 Å². The molecule has 0 radical (unpaired) electrons. The normalized spacial score (nSPS) is 28.6. The molecule has 98 valence electrons. The third-order valence-electron chi connectivity index (χ3n) is 4.24. The number of hydrogen-bond acceptors (Lipinski definition) is 3. The minimum atomic E-state index is 0.200. The number of aryl methyl sites for hydroxylation is 1. The van der Waals surface area contributed by atoms with Crippen LogP contribution in [0.15, 0.2) is 41.0 Å². The van der Waals surface area contributed by atoms with Crippen molar-refractivity contribution in [2.75, 3.05) is 11.9 Å². The fourth-order valence-corrected chi connectivity index (χ4v) is 3.34. The van der Waals surface area contributed by atoms with Crippen molar-refractivity contribution in [2.45, 2.75) is 25.5 Å². The number of furan rings is 1. The maximum absolute atomic E-state index is 5.98. The first-order valence-corrected chi connectivity index (χ1v) is 6.85. The third kappa shape index (κ3) is 1.69. The highest BCUT2D eigenvalue weighted by Crippen LogP contribution is 2.49. The molecule has 0 spiro atoms. The average Bonchev–Trinajstić information content (AvgIpc) is 3.09. The van der Waals surface area contributed by atoms with Gasteiger partial charge in [0.15, 0.2) is 0 Å². The molecule has 1 N–H and O–H groups in total. The van der Waals surface area contributed by atoms with Gasteiger partial charge in [0.25, 0.3) is 0 Å². The summed E-state index contributed by atoms with van der Waals surface area (Å²) in [6, 6.07) is 10.7. The summed E-state index contributed by atoms with van der Waals surface area (Å²) in [5.74, 6) is 1.46. The van der Waals surface area contributed by atoms with Gasteiger partial charge in [0.05, 0.1) is 18.4 Å². The van der Waals surface area contributed by atoms with Gasteiger partial charge in [-0.1, -0.05) is 17.7 Å². The second-order valence-electron chi connectivity index (χ2n) is 5.47. The van der Waals surface area contributed by atoms with Crippen LogP contribution in [0.3, 0.4) is 0 Å². The summed E-state index contributed by atoms with van der Waals surface area (Å²) in [5.41, 5.74) is 3.76. The Morgan fingerprint density at radius 1 is 1.26 bits per heavy atom. The van der Waals surface area contributed by atoms with Gasteiger partial charge in [0.2, 0.25) is 0 Å². The number of benzene rings is 1. The van der Waals surface area contributed by atoms with E-state index in [9.17, 15) is 0 Å². The van der Waals surface area contributed by atoms with E-state index in [1.54, 1.807) is 6.26 Å². The van der Waals surface area contributed by atoms with Crippen molar-refractivity contribution in [3.05, 3.63) is 53.5 Å². The molecule has 2 aliphatic rings. The molecule has 3 atom stereocenters. The van der Waals surface area contributed by atoms with Crippen molar-refractivity contribution in [3.63, 3.8) is 0 Å². The molecule has 3 nitrogen and oxygen atoms in total. The maximum atomic E-state index is 5.98. The molecule has 0 unspecified atom stereocenters. The molecule has 1 fully saturated rings. The van der Waals surface area contributed by atoms with E-state index in [0.717, 1.165) is 18.8 Å². The van der Waals surface area contributed by atoms with E-state index in [2.05, 4.69) is 30.4 Å². The van der Waals surface area contributed by atoms with Gasteiger partial charge in [-0.15, -0.1) is 0 Å². The molecular formula is C16H17NO2. The topological polar surface area (TPSA) is 34.4 Å². The zero-order chi connectivity index (χ0) is 12.8. The van der Waals surface area contributed by atoms with Crippen LogP contribution in [-0.4, -0.2) is 6.61 Å². The standard InChI is InChI=1S/C16H17NO2/c1-10-4-5-13-12(9-10)16-11(6-8-19-16)15(17-13)14-3-2-7-18-14/h2-5,7,9,11,15-17H,6,8H2,1H3/t11-,15-,16+/m0/s1. The lowest BCUT2D eigenvalue weighted by atomic mass is 9.82. The van der Waals surface area contributed by atoms with Crippen molar-refractivity contribution < 1.29 is 9.15 Å². The predicted octanol–water partition coefficient (Wildman–Crippen LogP) is 3.83. The van der Waals surface area contributed by atoms with Gasteiger partial charge in [0.1, 0.15) is 5.76 Å². The molecule has 19 heavy (non-hydrogen) atoms. The Morgan fingerprint density at radius 2 is 2.21 bits per heavy atom. The smallest absolute Gasteiger partial charge is 0.126 e. The monoisotopic (exact) mass is 255 g/mol. The largest absolute Gasteiger partial charge is 0.467 e. The first-order chi connectivity index (χ1) is 9.33. The van der Waals surface area contributed by atoms with E-state index in [1.165, 1.54) is 16.8 Å². The summed E-state index contributed by atoms with van der Waals surface area (Å²) < 4.78 is 11.6. The van der Waals surface area contributed by atoms with Crippen LogP contribution in [0.4, 0.5) is 5.69 Å². The van der Waals surface area contributed by atoms with Crippen molar-refractivity contribution in [1.29, 1.82) is 0 Å². The molecular weight excluding hydrogens is 238 g/mol. The van der Waals surface area contributed by atoms with Gasteiger partial charge in [-0.25, -0.2) is 0 Å². The van der Waals surface area contributed by atoms with Crippen LogP contribution in [-0.2, 0) is 4.74 Å². The third-order valence-corrected chi connectivity index (χ3v) is 4.24. The average molecular weight is 255 g/mol. The SMILES string of the molecule is Cc1ccc2c(c1)[C@@H]1OCC[C@H]1[C@@H](c1ccco1)N2. The zero-order valence-corrected chi connectivity index (χ0v) is 10.9. The van der Waals surface area contributed by atoms with Crippen molar-refractivity contribution in [2.24, 2.45) is 5.92 Å². The van der Waals surface area contributed by atoms with Crippen LogP contribution in [0.5, 0.6) is 0 Å². The van der Waals surface area contributed by atoms with Gasteiger partial charge in [-0.2, -0.15) is 0 Å². The molecule has 0 aliphatic carbocycles. The minimum Gasteiger partial charge on any atom is -0.467 e. The Hall–Kier alpha value is -1.74. The number of rotatable bonds is 1. The molecule has 0 amide bonds. The second kappa shape index (κ2) is 4.14. The van der Waals surface area contributed by atoms with Crippen molar-refractivity contribution in [3.8, 4) is 0 Å². The van der Waals surface area contributed by atoms with Crippen LogP contribution in [0.25, 0.3) is 0 Å². The highest BCUT2D eigenvalue weighted by atomic mass is 16.5. The highest BCUT2D eigenvalue weighted by Gasteiger charge is 2.42. The molecule has 2 aromatic rings. The summed E-state index contributed by atoms with van der Waals surface area (Å²) in [6.07, 6.45) is 3.02. The van der Waals surface area contributed by atoms with Crippen molar-refractivity contribution >= 4 is 5.69 Å². The summed E-state index contributed by atoms with van der Waals surface area (Å²) >= 11 is 0. The molecule has 1 aromatic heterocycles. The first-order valence-electron chi connectivity index (χ1n) is 6.85. The molecule has 0 saturated carbocycles. The van der Waals surface area contributed by atoms with Crippen LogP contribution < -0.4 is 5.32 Å². The molecule has 1 saturated heterocycles. The molecule has 4 rings (SSSR count). The Kier molecular flexibility index (Phi) is 2.42. The number of fused-ring (bicyclic) bond motifs is 3. The molecule has 0 bridgehead atoms. The lowest BCUT2D eigenvalue weighted by Gasteiger charge is -2.35. The maximum Gasteiger partial charge on any atom is 0.126 e. The van der Waals surface area contributed by atoms with Crippen molar-refractivity contribution in [1.82, 2.24) is 0 Å². The zero-order valence-electron chi connectivity index (χ0n) is 10.9. The van der Waals surface area contributed by atoms with E-state index in [1.807, 2.05) is 12.1 Å². The van der Waals surface area contributed by atoms with E-state index in [0.29, 0.717) is 5.92 Å². The highest BCUT2D eigenvalue weighted by molar-refractivity contribution is 5.57. The van der Waals surface area contributed by atoms with E-state index >= 15 is 0 Å². The lowest BCUT2D eigenvalue weighted by molar-refractivity contribution is 0.0807.